The van der Waals surface area contributed by atoms with Gasteiger partial charge in [0.15, 0.2) is 0 Å². The Morgan fingerprint density at radius 1 is 1.14 bits per heavy atom. The van der Waals surface area contributed by atoms with Crippen LogP contribution in [0.15, 0.2) is 30.5 Å². The second-order valence-electron chi connectivity index (χ2n) is 5.51. The Morgan fingerprint density at radius 2 is 2.05 bits per heavy atom. The van der Waals surface area contributed by atoms with Gasteiger partial charge in [-0.2, -0.15) is 0 Å². The third kappa shape index (κ3) is 3.09. The molecule has 0 aliphatic carbocycles. The van der Waals surface area contributed by atoms with E-state index in [1.165, 1.54) is 0 Å². The van der Waals surface area contributed by atoms with Gasteiger partial charge >= 0.3 is 0 Å². The van der Waals surface area contributed by atoms with Crippen molar-refractivity contribution in [3.05, 3.63) is 30.5 Å². The molecule has 0 amide bonds. The van der Waals surface area contributed by atoms with E-state index < -0.39 is 0 Å². The summed E-state index contributed by atoms with van der Waals surface area (Å²) < 4.78 is 0. The zero-order valence-electron chi connectivity index (χ0n) is 12.2. The van der Waals surface area contributed by atoms with Crippen LogP contribution in [0.3, 0.4) is 0 Å². The van der Waals surface area contributed by atoms with E-state index in [0.29, 0.717) is 6.54 Å². The predicted molar refractivity (Wildman–Crippen MR) is 85.7 cm³/mol. The molecular weight excluding hydrogens is 264 g/mol. The lowest BCUT2D eigenvalue weighted by atomic mass is 10.1. The Balaban J connectivity index is 1.88. The van der Waals surface area contributed by atoms with Gasteiger partial charge in [-0.1, -0.05) is 6.07 Å². The average Bonchev–Trinajstić information content (AvgIpc) is 2.73. The minimum atomic E-state index is 0.288. The second-order valence-corrected chi connectivity index (χ2v) is 5.51. The molecule has 2 aromatic rings. The van der Waals surface area contributed by atoms with Gasteiger partial charge in [-0.3, -0.25) is 0 Å². The van der Waals surface area contributed by atoms with Crippen LogP contribution in [0.2, 0.25) is 0 Å². The van der Waals surface area contributed by atoms with Crippen molar-refractivity contribution in [1.82, 2.24) is 9.88 Å². The van der Waals surface area contributed by atoms with Gasteiger partial charge in [-0.05, 0) is 36.6 Å². The molecule has 3 rings (SSSR count). The zero-order valence-corrected chi connectivity index (χ0v) is 12.2. The molecular formula is C16H22N4O. The number of hydrogen-bond acceptors (Lipinski definition) is 5. The number of nitrogens with zero attached hydrogens (tertiary/aromatic N) is 3. The van der Waals surface area contributed by atoms with Crippen molar-refractivity contribution < 1.29 is 5.11 Å². The van der Waals surface area contributed by atoms with Crippen molar-refractivity contribution in [2.45, 2.75) is 6.42 Å². The number of pyridine rings is 1. The quantitative estimate of drug-likeness (QED) is 0.893. The van der Waals surface area contributed by atoms with Gasteiger partial charge in [0, 0.05) is 44.3 Å². The Kier molecular flexibility index (Phi) is 4.22. The van der Waals surface area contributed by atoms with Gasteiger partial charge in [-0.25, -0.2) is 4.98 Å². The summed E-state index contributed by atoms with van der Waals surface area (Å²) in [7, 11) is 0. The number of aromatic nitrogens is 1. The number of phenols is 1. The van der Waals surface area contributed by atoms with Crippen molar-refractivity contribution in [1.29, 1.82) is 0 Å². The lowest BCUT2D eigenvalue weighted by Crippen LogP contribution is -2.34. The normalized spacial score (nSPS) is 17.1. The largest absolute Gasteiger partial charge is 0.508 e. The molecule has 1 aromatic heterocycles. The summed E-state index contributed by atoms with van der Waals surface area (Å²) in [6.45, 7) is 5.69. The fourth-order valence-corrected chi connectivity index (χ4v) is 2.98. The number of fused-ring (bicyclic) bond motifs is 1. The molecule has 1 aromatic carbocycles. The maximum absolute atomic E-state index is 9.75. The van der Waals surface area contributed by atoms with E-state index in [1.807, 2.05) is 18.3 Å². The summed E-state index contributed by atoms with van der Waals surface area (Å²) in [5, 5.41) is 11.9. The molecule has 5 heteroatoms. The number of anilines is 1. The first kappa shape index (κ1) is 14.1. The molecule has 0 radical (unpaired) electrons. The van der Waals surface area contributed by atoms with Crippen molar-refractivity contribution in [3.8, 4) is 5.75 Å². The molecule has 1 aliphatic heterocycles. The summed E-state index contributed by atoms with van der Waals surface area (Å²) in [6, 6.07) is 7.45. The van der Waals surface area contributed by atoms with Crippen molar-refractivity contribution in [2.24, 2.45) is 5.73 Å². The van der Waals surface area contributed by atoms with Crippen LogP contribution < -0.4 is 10.6 Å². The highest BCUT2D eigenvalue weighted by atomic mass is 16.3. The first-order valence-electron chi connectivity index (χ1n) is 7.53. The number of hydrogen-bond donors (Lipinski definition) is 2. The van der Waals surface area contributed by atoms with Gasteiger partial charge < -0.3 is 20.6 Å². The standard InChI is InChI=1S/C16H22N4O/c17-5-9-19-7-1-8-20(11-10-19)16-15-12-14(21)3-2-13(15)4-6-18-16/h2-4,6,12,21H,1,5,7-11,17H2. The molecule has 112 valence electrons. The van der Waals surface area contributed by atoms with Crippen molar-refractivity contribution in [3.63, 3.8) is 0 Å². The lowest BCUT2D eigenvalue weighted by Gasteiger charge is -2.23. The molecule has 0 unspecified atom stereocenters. The molecule has 0 saturated carbocycles. The first-order valence-corrected chi connectivity index (χ1v) is 7.53. The van der Waals surface area contributed by atoms with Crippen LogP contribution in [0, 0.1) is 0 Å². The third-order valence-corrected chi connectivity index (χ3v) is 4.06. The van der Waals surface area contributed by atoms with Gasteiger partial charge in [0.25, 0.3) is 0 Å². The van der Waals surface area contributed by atoms with Gasteiger partial charge in [-0.15, -0.1) is 0 Å². The van der Waals surface area contributed by atoms with Crippen LogP contribution in [0.5, 0.6) is 5.75 Å². The van der Waals surface area contributed by atoms with Gasteiger partial charge in [0.1, 0.15) is 11.6 Å². The molecule has 1 aliphatic rings. The SMILES string of the molecule is NCCN1CCCN(c2nccc3ccc(O)cc23)CC1. The molecule has 21 heavy (non-hydrogen) atoms. The Labute approximate surface area is 125 Å². The lowest BCUT2D eigenvalue weighted by molar-refractivity contribution is 0.302. The average molecular weight is 286 g/mol. The van der Waals surface area contributed by atoms with Crippen LogP contribution >= 0.6 is 0 Å². The summed E-state index contributed by atoms with van der Waals surface area (Å²) in [6.07, 6.45) is 2.95. The van der Waals surface area contributed by atoms with E-state index in [2.05, 4.69) is 14.8 Å². The monoisotopic (exact) mass is 286 g/mol. The molecule has 3 N–H and O–H groups in total. The van der Waals surface area contributed by atoms with Crippen LogP contribution in [-0.4, -0.2) is 54.3 Å². The summed E-state index contributed by atoms with van der Waals surface area (Å²) in [5.41, 5.74) is 5.65. The summed E-state index contributed by atoms with van der Waals surface area (Å²) in [5.74, 6) is 1.26. The van der Waals surface area contributed by atoms with Crippen LogP contribution in [0.1, 0.15) is 6.42 Å². The fourth-order valence-electron chi connectivity index (χ4n) is 2.98. The van der Waals surface area contributed by atoms with Crippen LogP contribution in [0.4, 0.5) is 5.82 Å². The molecule has 5 nitrogen and oxygen atoms in total. The molecule has 2 heterocycles. The Bertz CT molecular complexity index is 616. The fraction of sp³-hybridized carbons (Fsp3) is 0.438. The maximum atomic E-state index is 9.75. The number of phenolic OH excluding ortho intramolecular Hbond substituents is 1. The van der Waals surface area contributed by atoms with Crippen LogP contribution in [0.25, 0.3) is 10.8 Å². The molecule has 0 bridgehead atoms. The Morgan fingerprint density at radius 3 is 2.90 bits per heavy atom. The minimum absolute atomic E-state index is 0.288. The number of aromatic hydroxyl groups is 1. The van der Waals surface area contributed by atoms with Gasteiger partial charge in [0.2, 0.25) is 0 Å². The third-order valence-electron chi connectivity index (χ3n) is 4.06. The first-order chi connectivity index (χ1) is 10.3. The van der Waals surface area contributed by atoms with Crippen LogP contribution in [-0.2, 0) is 0 Å². The van der Waals surface area contributed by atoms with E-state index in [-0.39, 0.29) is 5.75 Å². The highest BCUT2D eigenvalue weighted by Crippen LogP contribution is 2.28. The molecule has 1 saturated heterocycles. The molecule has 0 spiro atoms. The Hall–Kier alpha value is -1.85. The zero-order chi connectivity index (χ0) is 14.7. The number of rotatable bonds is 3. The second kappa shape index (κ2) is 6.28. The number of nitrogens with two attached hydrogens (primary N) is 1. The number of benzene rings is 1. The molecule has 1 fully saturated rings. The van der Waals surface area contributed by atoms with E-state index in [4.69, 9.17) is 5.73 Å². The smallest absolute Gasteiger partial charge is 0.136 e. The predicted octanol–water partition coefficient (Wildman–Crippen LogP) is 1.41. The summed E-state index contributed by atoms with van der Waals surface area (Å²) in [4.78, 5) is 9.28. The van der Waals surface area contributed by atoms with Gasteiger partial charge in [0.05, 0.1) is 0 Å². The molecule has 0 atom stereocenters. The summed E-state index contributed by atoms with van der Waals surface area (Å²) >= 11 is 0. The highest BCUT2D eigenvalue weighted by Gasteiger charge is 2.17. The highest BCUT2D eigenvalue weighted by molar-refractivity contribution is 5.93. The minimum Gasteiger partial charge on any atom is -0.508 e. The van der Waals surface area contributed by atoms with E-state index in [1.54, 1.807) is 12.1 Å². The maximum Gasteiger partial charge on any atom is 0.136 e. The van der Waals surface area contributed by atoms with Crippen molar-refractivity contribution >= 4 is 16.6 Å². The van der Waals surface area contributed by atoms with E-state index in [9.17, 15) is 5.11 Å². The topological polar surface area (TPSA) is 65.6 Å². The van der Waals surface area contributed by atoms with E-state index in [0.717, 1.165) is 55.7 Å². The van der Waals surface area contributed by atoms with E-state index >= 15 is 0 Å². The van der Waals surface area contributed by atoms with Crippen molar-refractivity contribution in [2.75, 3.05) is 44.2 Å².